The van der Waals surface area contributed by atoms with Crippen molar-refractivity contribution in [2.45, 2.75) is 46.2 Å². The van der Waals surface area contributed by atoms with Crippen molar-refractivity contribution >= 4 is 7.82 Å². The molecule has 0 saturated carbocycles. The molecule has 0 aromatic carbocycles. The van der Waals surface area contributed by atoms with E-state index in [9.17, 15) is 9.46 Å². The minimum atomic E-state index is -4.27. The molecule has 0 aliphatic carbocycles. The molecule has 0 aromatic rings. The third-order valence-corrected chi connectivity index (χ3v) is 2.54. The Labute approximate surface area is 114 Å². The minimum Gasteiger partial charge on any atom is -1.00 e. The second-order valence-corrected chi connectivity index (χ2v) is 5.34. The van der Waals surface area contributed by atoms with Crippen LogP contribution in [0.3, 0.4) is 0 Å². The van der Waals surface area contributed by atoms with Gasteiger partial charge in [0.2, 0.25) is 0 Å². The molecular formula is C9H20ClN2O5P. The number of nitrogens with zero attached hydrogens (tertiary/aromatic N) is 1. The third-order valence-electron chi connectivity index (χ3n) is 1.80. The lowest BCUT2D eigenvalue weighted by Gasteiger charge is -2.25. The van der Waals surface area contributed by atoms with Crippen LogP contribution in [0.25, 0.3) is 0 Å². The fraction of sp³-hybridized carbons (Fsp3) is 0.889. The molecule has 108 valence electrons. The van der Waals surface area contributed by atoms with Gasteiger partial charge in [0, 0.05) is 0 Å². The first kappa shape index (κ1) is 20.1. The maximum Gasteiger partial charge on any atom is 0.545 e. The van der Waals surface area contributed by atoms with E-state index in [-0.39, 0.29) is 37.5 Å². The molecule has 0 rings (SSSR count). The molecule has 0 heterocycles. The van der Waals surface area contributed by atoms with E-state index in [1.165, 1.54) is 0 Å². The Bertz CT molecular complexity index is 300. The fourth-order valence-electron chi connectivity index (χ4n) is 1.22. The summed E-state index contributed by atoms with van der Waals surface area (Å²) < 4.78 is 20.7. The summed E-state index contributed by atoms with van der Waals surface area (Å²) in [5.41, 5.74) is 0. The Balaban J connectivity index is 0. The van der Waals surface area contributed by atoms with Crippen LogP contribution in [-0.2, 0) is 18.8 Å². The van der Waals surface area contributed by atoms with Crippen LogP contribution in [-0.4, -0.2) is 23.6 Å². The predicted octanol–water partition coefficient (Wildman–Crippen LogP) is -2.41. The van der Waals surface area contributed by atoms with Gasteiger partial charge in [0.1, 0.15) is 12.1 Å². The number of rotatable bonds is 8. The van der Waals surface area contributed by atoms with Crippen LogP contribution in [0.4, 0.5) is 0 Å². The van der Waals surface area contributed by atoms with Crippen molar-refractivity contribution < 1.29 is 41.1 Å². The molecule has 0 aromatic heterocycles. The number of phosphoric acid groups is 1. The lowest BCUT2D eigenvalue weighted by molar-refractivity contribution is -1.10. The Morgan fingerprint density at radius 3 is 2.22 bits per heavy atom. The van der Waals surface area contributed by atoms with E-state index in [0.717, 1.165) is 0 Å². The first-order valence-corrected chi connectivity index (χ1v) is 6.87. The average Bonchev–Trinajstić information content (AvgIpc) is 2.20. The van der Waals surface area contributed by atoms with E-state index in [2.05, 4.69) is 9.56 Å². The Hall–Kier alpha value is -0.190. The van der Waals surface area contributed by atoms with Crippen molar-refractivity contribution in [1.82, 2.24) is 0 Å². The minimum absolute atomic E-state index is 0. The van der Waals surface area contributed by atoms with Gasteiger partial charge in [-0.05, 0) is 27.7 Å². The van der Waals surface area contributed by atoms with Crippen LogP contribution in [0.2, 0.25) is 0 Å². The van der Waals surface area contributed by atoms with Crippen LogP contribution in [0, 0.1) is 11.3 Å². The Kier molecular flexibility index (Phi) is 10.9. The number of quaternary nitrogens is 1. The lowest BCUT2D eigenvalue weighted by atomic mass is 10.3. The van der Waals surface area contributed by atoms with Gasteiger partial charge < -0.3 is 12.4 Å². The zero-order valence-corrected chi connectivity index (χ0v) is 12.6. The average molecular weight is 303 g/mol. The third kappa shape index (κ3) is 8.84. The van der Waals surface area contributed by atoms with Crippen molar-refractivity contribution in [3.63, 3.8) is 0 Å². The standard InChI is InChI=1S/C9H19N2O5P.ClH/c1-8(2)11(9(3)4)15-17(12,13)16-14-7-5-6-10;/h8-9H,5,7H2,1-4H3,(H,12,13);1H. The van der Waals surface area contributed by atoms with Gasteiger partial charge in [0.15, 0.2) is 0 Å². The van der Waals surface area contributed by atoms with Gasteiger partial charge >= 0.3 is 7.82 Å². The van der Waals surface area contributed by atoms with Gasteiger partial charge in [0.25, 0.3) is 0 Å². The SMILES string of the molecule is CC(C)[NH+](OP(=O)(O)OOCCC#N)C(C)C.[Cl-]. The fourth-order valence-corrected chi connectivity index (χ4v) is 2.14. The van der Waals surface area contributed by atoms with E-state index in [4.69, 9.17) is 9.89 Å². The maximum atomic E-state index is 11.5. The molecule has 0 fully saturated rings. The molecule has 7 nitrogen and oxygen atoms in total. The number of nitrogens with one attached hydrogen (secondary N) is 1. The molecule has 0 radical (unpaired) electrons. The van der Waals surface area contributed by atoms with E-state index >= 15 is 0 Å². The number of halogens is 1. The summed E-state index contributed by atoms with van der Waals surface area (Å²) >= 11 is 0. The summed E-state index contributed by atoms with van der Waals surface area (Å²) in [7, 11) is -4.27. The number of nitriles is 1. The highest BCUT2D eigenvalue weighted by atomic mass is 35.5. The lowest BCUT2D eigenvalue weighted by Crippen LogP contribution is -3.16. The largest absolute Gasteiger partial charge is 1.00 e. The molecule has 1 atom stereocenters. The van der Waals surface area contributed by atoms with E-state index < -0.39 is 7.82 Å². The van der Waals surface area contributed by atoms with E-state index in [1.807, 2.05) is 33.8 Å². The van der Waals surface area contributed by atoms with Crippen molar-refractivity contribution in [3.05, 3.63) is 0 Å². The molecule has 0 bridgehead atoms. The highest BCUT2D eigenvalue weighted by Crippen LogP contribution is 2.41. The Morgan fingerprint density at radius 2 is 1.83 bits per heavy atom. The van der Waals surface area contributed by atoms with Crippen molar-refractivity contribution in [3.8, 4) is 6.07 Å². The molecule has 0 spiro atoms. The summed E-state index contributed by atoms with van der Waals surface area (Å²) in [5.74, 6) is 0. The zero-order chi connectivity index (χ0) is 13.5. The molecular weight excluding hydrogens is 283 g/mol. The van der Waals surface area contributed by atoms with Crippen LogP contribution in [0.15, 0.2) is 0 Å². The molecule has 1 unspecified atom stereocenters. The first-order valence-electron chi connectivity index (χ1n) is 5.37. The molecule has 0 saturated heterocycles. The summed E-state index contributed by atoms with van der Waals surface area (Å²) in [5, 5.41) is 8.71. The van der Waals surface area contributed by atoms with Crippen molar-refractivity contribution in [1.29, 1.82) is 5.26 Å². The van der Waals surface area contributed by atoms with Crippen molar-refractivity contribution in [2.24, 2.45) is 0 Å². The quantitative estimate of drug-likeness (QED) is 0.224. The van der Waals surface area contributed by atoms with Gasteiger partial charge in [-0.1, -0.05) is 4.62 Å². The second-order valence-electron chi connectivity index (χ2n) is 4.08. The summed E-state index contributed by atoms with van der Waals surface area (Å²) in [4.78, 5) is 13.8. The van der Waals surface area contributed by atoms with Crippen LogP contribution in [0.5, 0.6) is 0 Å². The highest BCUT2D eigenvalue weighted by molar-refractivity contribution is 7.47. The summed E-state index contributed by atoms with van der Waals surface area (Å²) in [6.07, 6.45) is 0.0743. The maximum absolute atomic E-state index is 11.5. The highest BCUT2D eigenvalue weighted by Gasteiger charge is 2.34. The molecule has 9 heteroatoms. The van der Waals surface area contributed by atoms with E-state index in [1.54, 1.807) is 0 Å². The Morgan fingerprint density at radius 1 is 1.33 bits per heavy atom. The van der Waals surface area contributed by atoms with Crippen LogP contribution in [0.1, 0.15) is 34.1 Å². The van der Waals surface area contributed by atoms with E-state index in [0.29, 0.717) is 5.06 Å². The topological polar surface area (TPSA) is 93.2 Å². The van der Waals surface area contributed by atoms with Gasteiger partial charge in [-0.15, -0.1) is 4.67 Å². The van der Waals surface area contributed by atoms with Gasteiger partial charge in [0.05, 0.1) is 19.1 Å². The predicted molar refractivity (Wildman–Crippen MR) is 59.4 cm³/mol. The molecule has 0 aliphatic rings. The molecule has 18 heavy (non-hydrogen) atoms. The van der Waals surface area contributed by atoms with Crippen molar-refractivity contribution in [2.75, 3.05) is 6.61 Å². The summed E-state index contributed by atoms with van der Waals surface area (Å²) in [6.45, 7) is 7.33. The smallest absolute Gasteiger partial charge is 0.545 e. The monoisotopic (exact) mass is 302 g/mol. The number of hydrogen-bond donors (Lipinski definition) is 2. The van der Waals surface area contributed by atoms with Gasteiger partial charge in [-0.3, -0.25) is 4.89 Å². The molecule has 0 amide bonds. The zero-order valence-electron chi connectivity index (χ0n) is 10.9. The number of hydroxylamine groups is 2. The molecule has 2 N–H and O–H groups in total. The summed E-state index contributed by atoms with van der Waals surface area (Å²) in [6, 6.07) is 1.81. The number of hydrogen-bond acceptors (Lipinski definition) is 5. The van der Waals surface area contributed by atoms with Gasteiger partial charge in [-0.2, -0.15) is 10.3 Å². The second kappa shape index (κ2) is 9.70. The molecule has 0 aliphatic heterocycles. The van der Waals surface area contributed by atoms with Crippen LogP contribution < -0.4 is 17.5 Å². The van der Waals surface area contributed by atoms with Gasteiger partial charge in [-0.25, -0.2) is 9.45 Å². The first-order chi connectivity index (χ1) is 7.80. The normalized spacial score (nSPS) is 14.4. The van der Waals surface area contributed by atoms with Crippen LogP contribution >= 0.6 is 7.82 Å².